The predicted octanol–water partition coefficient (Wildman–Crippen LogP) is 4.11. The van der Waals surface area contributed by atoms with Crippen molar-refractivity contribution in [1.82, 2.24) is 14.1 Å². The van der Waals surface area contributed by atoms with Crippen LogP contribution in [0.4, 0.5) is 14.5 Å². The predicted molar refractivity (Wildman–Crippen MR) is 136 cm³/mol. The number of fused-ring (bicyclic) bond motifs is 1. The van der Waals surface area contributed by atoms with Gasteiger partial charge >= 0.3 is 0 Å². The molecule has 3 N–H and O–H groups in total. The first-order chi connectivity index (χ1) is 18.6. The first kappa shape index (κ1) is 25.4. The van der Waals surface area contributed by atoms with Gasteiger partial charge in [0.05, 0.1) is 5.56 Å². The third kappa shape index (κ3) is 4.41. The van der Waals surface area contributed by atoms with Crippen molar-refractivity contribution in [1.29, 1.82) is 5.26 Å². The van der Waals surface area contributed by atoms with Gasteiger partial charge in [0, 0.05) is 30.7 Å². The van der Waals surface area contributed by atoms with Gasteiger partial charge < -0.3 is 20.0 Å². The summed E-state index contributed by atoms with van der Waals surface area (Å²) in [7, 11) is 1.38. The minimum absolute atomic E-state index is 0.0278. The Labute approximate surface area is 222 Å². The molecule has 0 fully saturated rings. The standard InChI is InChI=1S/C26H15ClF2N6O4/c1-34-26(38)20(18(9-30)39-34)13-4-2-12(3-5-13)16-10-35-11-19(27)33-22(23(35)21(16)29)25(37)32-14-6-7-17(28)15(8-14)24(31)36/h2-8,10-11H,1H3,(H2,31,36)(H,32,37). The Balaban J connectivity index is 1.54. The Kier molecular flexibility index (Phi) is 6.21. The number of anilines is 1. The summed E-state index contributed by atoms with van der Waals surface area (Å²) < 4.78 is 36.9. The van der Waals surface area contributed by atoms with Crippen LogP contribution < -0.4 is 16.6 Å². The second-order valence-electron chi connectivity index (χ2n) is 8.33. The molecule has 0 aliphatic heterocycles. The summed E-state index contributed by atoms with van der Waals surface area (Å²) >= 11 is 6.09. The van der Waals surface area contributed by atoms with Crippen molar-refractivity contribution in [2.24, 2.45) is 12.8 Å². The number of rotatable bonds is 5. The maximum absolute atomic E-state index is 15.7. The van der Waals surface area contributed by atoms with Crippen LogP contribution in [0.1, 0.15) is 26.6 Å². The van der Waals surface area contributed by atoms with Crippen LogP contribution in [0.2, 0.25) is 5.15 Å². The number of nitrogens with one attached hydrogen (secondary N) is 1. The Morgan fingerprint density at radius 1 is 1.13 bits per heavy atom. The lowest BCUT2D eigenvalue weighted by Crippen LogP contribution is -2.17. The van der Waals surface area contributed by atoms with Crippen molar-refractivity contribution in [3.63, 3.8) is 0 Å². The molecule has 13 heteroatoms. The van der Waals surface area contributed by atoms with Crippen LogP contribution in [-0.4, -0.2) is 25.9 Å². The van der Waals surface area contributed by atoms with Crippen molar-refractivity contribution in [2.75, 3.05) is 5.32 Å². The van der Waals surface area contributed by atoms with E-state index in [1.165, 1.54) is 42.0 Å². The third-order valence-corrected chi connectivity index (χ3v) is 6.09. The van der Waals surface area contributed by atoms with Crippen molar-refractivity contribution in [3.8, 4) is 28.3 Å². The molecule has 0 saturated heterocycles. The Morgan fingerprint density at radius 2 is 1.82 bits per heavy atom. The fourth-order valence-electron chi connectivity index (χ4n) is 4.10. The lowest BCUT2D eigenvalue weighted by molar-refractivity contribution is 0.0992. The van der Waals surface area contributed by atoms with Crippen molar-refractivity contribution >= 4 is 34.6 Å². The molecule has 0 saturated carbocycles. The second kappa shape index (κ2) is 9.55. The average molecular weight is 549 g/mol. The van der Waals surface area contributed by atoms with Gasteiger partial charge in [-0.05, 0) is 29.3 Å². The number of carbonyl (C=O) groups is 2. The number of benzene rings is 2. The first-order valence-corrected chi connectivity index (χ1v) is 11.5. The number of nitrogens with zero attached hydrogens (tertiary/aromatic N) is 4. The molecule has 194 valence electrons. The summed E-state index contributed by atoms with van der Waals surface area (Å²) in [5.41, 5.74) is 4.64. The highest BCUT2D eigenvalue weighted by Crippen LogP contribution is 2.32. The largest absolute Gasteiger partial charge is 0.366 e. The molecule has 0 radical (unpaired) electrons. The second-order valence-corrected chi connectivity index (χ2v) is 8.71. The van der Waals surface area contributed by atoms with E-state index in [2.05, 4.69) is 10.3 Å². The summed E-state index contributed by atoms with van der Waals surface area (Å²) in [6.07, 6.45) is 2.72. The topological polar surface area (TPSA) is 148 Å². The van der Waals surface area contributed by atoms with E-state index in [1.54, 1.807) is 12.1 Å². The molecule has 5 rings (SSSR count). The van der Waals surface area contributed by atoms with Gasteiger partial charge in [0.2, 0.25) is 5.76 Å². The molecule has 5 aromatic rings. The fraction of sp³-hybridized carbons (Fsp3) is 0.0385. The molecule has 10 nitrogen and oxygen atoms in total. The van der Waals surface area contributed by atoms with Gasteiger partial charge in [-0.1, -0.05) is 35.9 Å². The van der Waals surface area contributed by atoms with E-state index in [4.69, 9.17) is 21.9 Å². The molecule has 0 bridgehead atoms. The number of hydrogen-bond acceptors (Lipinski definition) is 6. The number of primary amides is 1. The van der Waals surface area contributed by atoms with Crippen LogP contribution in [0.3, 0.4) is 0 Å². The fourth-order valence-corrected chi connectivity index (χ4v) is 4.29. The van der Waals surface area contributed by atoms with Crippen LogP contribution in [0, 0.1) is 23.0 Å². The monoisotopic (exact) mass is 548 g/mol. The van der Waals surface area contributed by atoms with Crippen LogP contribution in [0.15, 0.2) is 64.2 Å². The number of halogens is 3. The Morgan fingerprint density at radius 3 is 2.49 bits per heavy atom. The molecule has 0 spiro atoms. The molecule has 0 aliphatic carbocycles. The molecule has 0 aliphatic rings. The van der Waals surface area contributed by atoms with E-state index in [9.17, 15) is 24.0 Å². The number of aryl methyl sites for hydroxylation is 1. The zero-order valence-electron chi connectivity index (χ0n) is 19.8. The minimum Gasteiger partial charge on any atom is -0.366 e. The molecular formula is C26H15ClF2N6O4. The number of carbonyl (C=O) groups excluding carboxylic acids is 2. The van der Waals surface area contributed by atoms with E-state index < -0.39 is 34.6 Å². The number of aromatic nitrogens is 3. The minimum atomic E-state index is -1.03. The van der Waals surface area contributed by atoms with Crippen LogP contribution >= 0.6 is 11.6 Å². The lowest BCUT2D eigenvalue weighted by atomic mass is 10.0. The van der Waals surface area contributed by atoms with E-state index in [0.29, 0.717) is 11.1 Å². The molecule has 39 heavy (non-hydrogen) atoms. The summed E-state index contributed by atoms with van der Waals surface area (Å²) in [5.74, 6) is -3.71. The highest BCUT2D eigenvalue weighted by molar-refractivity contribution is 6.29. The van der Waals surface area contributed by atoms with Crippen LogP contribution in [0.25, 0.3) is 27.8 Å². The van der Waals surface area contributed by atoms with Crippen molar-refractivity contribution in [2.45, 2.75) is 0 Å². The normalized spacial score (nSPS) is 10.9. The highest BCUT2D eigenvalue weighted by atomic mass is 35.5. The maximum atomic E-state index is 15.7. The van der Waals surface area contributed by atoms with E-state index in [0.717, 1.165) is 16.9 Å². The number of amides is 2. The number of hydrogen-bond donors (Lipinski definition) is 2. The molecule has 2 amide bonds. The van der Waals surface area contributed by atoms with Gasteiger partial charge in [0.25, 0.3) is 17.4 Å². The summed E-state index contributed by atoms with van der Waals surface area (Å²) in [5, 5.41) is 11.6. The molecular weight excluding hydrogens is 534 g/mol. The molecule has 3 heterocycles. The van der Waals surface area contributed by atoms with E-state index in [-0.39, 0.29) is 38.9 Å². The number of nitriles is 1. The lowest BCUT2D eigenvalue weighted by Gasteiger charge is -2.08. The quantitative estimate of drug-likeness (QED) is 0.337. The molecule has 0 unspecified atom stereocenters. The third-order valence-electron chi connectivity index (χ3n) is 5.91. The summed E-state index contributed by atoms with van der Waals surface area (Å²) in [6.45, 7) is 0. The SMILES string of the molecule is Cn1oc(C#N)c(-c2ccc(-c3cn4cc(Cl)nc(C(=O)Nc5ccc(F)c(C(N)=O)c5)c4c3F)cc2)c1=O. The summed E-state index contributed by atoms with van der Waals surface area (Å²) in [4.78, 5) is 40.8. The van der Waals surface area contributed by atoms with E-state index >= 15 is 4.39 Å². The van der Waals surface area contributed by atoms with Crippen molar-refractivity contribution < 1.29 is 22.9 Å². The van der Waals surface area contributed by atoms with Crippen LogP contribution in [-0.2, 0) is 7.05 Å². The smallest absolute Gasteiger partial charge is 0.291 e. The van der Waals surface area contributed by atoms with Gasteiger partial charge in [-0.3, -0.25) is 14.4 Å². The highest BCUT2D eigenvalue weighted by Gasteiger charge is 2.23. The van der Waals surface area contributed by atoms with Gasteiger partial charge in [0.1, 0.15) is 28.1 Å². The zero-order valence-corrected chi connectivity index (χ0v) is 20.6. The van der Waals surface area contributed by atoms with Gasteiger partial charge in [-0.25, -0.2) is 13.8 Å². The molecule has 2 aromatic carbocycles. The first-order valence-electron chi connectivity index (χ1n) is 11.1. The van der Waals surface area contributed by atoms with Gasteiger partial charge in [0.15, 0.2) is 11.5 Å². The van der Waals surface area contributed by atoms with Gasteiger partial charge in [-0.2, -0.15) is 10.0 Å². The molecule has 0 atom stereocenters. The Hall–Kier alpha value is -5.28. The summed E-state index contributed by atoms with van der Waals surface area (Å²) in [6, 6.07) is 11.2. The zero-order chi connectivity index (χ0) is 28.0. The van der Waals surface area contributed by atoms with Crippen LogP contribution in [0.5, 0.6) is 0 Å². The Bertz CT molecular complexity index is 1920. The number of nitrogens with two attached hydrogens (primary N) is 1. The maximum Gasteiger partial charge on any atom is 0.291 e. The van der Waals surface area contributed by atoms with E-state index in [1.807, 2.05) is 6.07 Å². The molecule has 3 aromatic heterocycles. The van der Waals surface area contributed by atoms with Gasteiger partial charge in [-0.15, -0.1) is 0 Å². The average Bonchev–Trinajstić information content (AvgIpc) is 3.39. The van der Waals surface area contributed by atoms with Crippen molar-refractivity contribution in [3.05, 3.63) is 99.0 Å².